The van der Waals surface area contributed by atoms with Gasteiger partial charge in [-0.1, -0.05) is 34.5 Å². The summed E-state index contributed by atoms with van der Waals surface area (Å²) >= 11 is 4.91. The van der Waals surface area contributed by atoms with Crippen LogP contribution in [0.4, 0.5) is 5.00 Å². The molecule has 148 valence electrons. The van der Waals surface area contributed by atoms with Crippen LogP contribution in [0.5, 0.6) is 0 Å². The number of hydrogen-bond donors (Lipinski definition) is 1. The van der Waals surface area contributed by atoms with E-state index in [1.807, 2.05) is 38.1 Å². The quantitative estimate of drug-likeness (QED) is 0.337. The van der Waals surface area contributed by atoms with E-state index in [2.05, 4.69) is 21.2 Å². The number of benzene rings is 1. The lowest BCUT2D eigenvalue weighted by molar-refractivity contribution is -0.111. The van der Waals surface area contributed by atoms with Crippen LogP contribution in [0.1, 0.15) is 59.5 Å². The van der Waals surface area contributed by atoms with Gasteiger partial charge in [-0.2, -0.15) is 0 Å². The van der Waals surface area contributed by atoms with Gasteiger partial charge in [0, 0.05) is 15.4 Å². The molecule has 1 aliphatic carbocycles. The van der Waals surface area contributed by atoms with Crippen LogP contribution in [0.15, 0.2) is 34.8 Å². The van der Waals surface area contributed by atoms with Gasteiger partial charge >= 0.3 is 5.97 Å². The number of amides is 1. The molecule has 1 aliphatic rings. The average molecular weight is 462 g/mol. The Bertz CT molecular complexity index is 884. The highest BCUT2D eigenvalue weighted by Crippen LogP contribution is 2.38. The summed E-state index contributed by atoms with van der Waals surface area (Å²) in [5.74, 6) is -0.598. The molecule has 0 radical (unpaired) electrons. The van der Waals surface area contributed by atoms with E-state index in [1.54, 1.807) is 6.08 Å². The normalized spacial score (nSPS) is 14.0. The first kappa shape index (κ1) is 20.8. The Balaban J connectivity index is 1.82. The van der Waals surface area contributed by atoms with E-state index < -0.39 is 0 Å². The minimum Gasteiger partial charge on any atom is -0.459 e. The van der Waals surface area contributed by atoms with Crippen molar-refractivity contribution in [1.29, 1.82) is 0 Å². The van der Waals surface area contributed by atoms with Gasteiger partial charge in [-0.15, -0.1) is 11.3 Å². The summed E-state index contributed by atoms with van der Waals surface area (Å²) < 4.78 is 6.45. The second-order valence-electron chi connectivity index (χ2n) is 7.10. The van der Waals surface area contributed by atoms with Gasteiger partial charge in [0.1, 0.15) is 5.00 Å². The molecule has 0 spiro atoms. The van der Waals surface area contributed by atoms with Crippen LogP contribution in [-0.2, 0) is 22.4 Å². The number of halogens is 1. The molecule has 0 bridgehead atoms. The highest BCUT2D eigenvalue weighted by molar-refractivity contribution is 9.10. The number of aryl methyl sites for hydroxylation is 1. The predicted octanol–water partition coefficient (Wildman–Crippen LogP) is 6.00. The molecule has 6 heteroatoms. The van der Waals surface area contributed by atoms with Gasteiger partial charge in [-0.05, 0) is 68.9 Å². The Morgan fingerprint density at radius 3 is 2.57 bits per heavy atom. The van der Waals surface area contributed by atoms with E-state index in [-0.39, 0.29) is 18.0 Å². The maximum atomic E-state index is 12.7. The first-order valence-corrected chi connectivity index (χ1v) is 11.1. The molecule has 0 unspecified atom stereocenters. The van der Waals surface area contributed by atoms with E-state index in [9.17, 15) is 9.59 Å². The summed E-state index contributed by atoms with van der Waals surface area (Å²) in [6, 6.07) is 7.70. The molecule has 1 N–H and O–H groups in total. The van der Waals surface area contributed by atoms with E-state index >= 15 is 0 Å². The number of anilines is 1. The Hall–Kier alpha value is -1.92. The van der Waals surface area contributed by atoms with Crippen molar-refractivity contribution in [2.24, 2.45) is 0 Å². The fourth-order valence-corrected chi connectivity index (χ4v) is 4.76. The number of esters is 1. The zero-order chi connectivity index (χ0) is 20.1. The van der Waals surface area contributed by atoms with Crippen LogP contribution < -0.4 is 5.32 Å². The molecule has 1 heterocycles. The number of hydrogen-bond acceptors (Lipinski definition) is 4. The van der Waals surface area contributed by atoms with Crippen molar-refractivity contribution in [3.05, 3.63) is 56.4 Å². The summed E-state index contributed by atoms with van der Waals surface area (Å²) in [5.41, 5.74) is 2.53. The molecular formula is C22H24BrNO3S. The number of thiophene rings is 1. The van der Waals surface area contributed by atoms with E-state index in [0.717, 1.165) is 47.7 Å². The Labute approximate surface area is 178 Å². The third-order valence-electron chi connectivity index (χ3n) is 4.50. The second kappa shape index (κ2) is 9.52. The van der Waals surface area contributed by atoms with Gasteiger partial charge in [0.25, 0.3) is 0 Å². The van der Waals surface area contributed by atoms with Gasteiger partial charge < -0.3 is 10.1 Å². The number of carbonyl (C=O) groups excluding carboxylic acids is 2. The smallest absolute Gasteiger partial charge is 0.341 e. The molecule has 0 aliphatic heterocycles. The number of nitrogens with one attached hydrogen (secondary N) is 1. The molecular weight excluding hydrogens is 438 g/mol. The summed E-state index contributed by atoms with van der Waals surface area (Å²) in [5, 5.41) is 3.51. The summed E-state index contributed by atoms with van der Waals surface area (Å²) in [7, 11) is 0. The highest BCUT2D eigenvalue weighted by atomic mass is 79.9. The number of carbonyl (C=O) groups is 2. The molecule has 28 heavy (non-hydrogen) atoms. The van der Waals surface area contributed by atoms with Gasteiger partial charge in [-0.25, -0.2) is 4.79 Å². The summed E-state index contributed by atoms with van der Waals surface area (Å²) in [6.07, 6.45) is 8.20. The molecule has 1 aromatic heterocycles. The van der Waals surface area contributed by atoms with Crippen molar-refractivity contribution in [1.82, 2.24) is 0 Å². The number of ether oxygens (including phenoxy) is 1. The van der Waals surface area contributed by atoms with Crippen molar-refractivity contribution < 1.29 is 14.3 Å². The molecule has 4 nitrogen and oxygen atoms in total. The van der Waals surface area contributed by atoms with E-state index in [4.69, 9.17) is 4.74 Å². The molecule has 0 saturated heterocycles. The lowest BCUT2D eigenvalue weighted by atomic mass is 10.1. The van der Waals surface area contributed by atoms with Crippen molar-refractivity contribution in [3.8, 4) is 0 Å². The SMILES string of the molecule is CC(C)OC(=O)c1c(NC(=O)/C=C/c2ccc(Br)cc2)sc2c1CCCCC2. The molecule has 2 aromatic rings. The highest BCUT2D eigenvalue weighted by Gasteiger charge is 2.26. The lowest BCUT2D eigenvalue weighted by Crippen LogP contribution is -2.16. The Morgan fingerprint density at radius 2 is 1.86 bits per heavy atom. The summed E-state index contributed by atoms with van der Waals surface area (Å²) in [4.78, 5) is 26.4. The van der Waals surface area contributed by atoms with Gasteiger partial charge in [0.15, 0.2) is 0 Å². The largest absolute Gasteiger partial charge is 0.459 e. The zero-order valence-electron chi connectivity index (χ0n) is 16.1. The molecule has 1 amide bonds. The van der Waals surface area contributed by atoms with Gasteiger partial charge in [-0.3, -0.25) is 4.79 Å². The lowest BCUT2D eigenvalue weighted by Gasteiger charge is -2.11. The van der Waals surface area contributed by atoms with Gasteiger partial charge in [0.05, 0.1) is 11.7 Å². The monoisotopic (exact) mass is 461 g/mol. The topological polar surface area (TPSA) is 55.4 Å². The molecule has 0 saturated carbocycles. The van der Waals surface area contributed by atoms with Crippen LogP contribution in [0.3, 0.4) is 0 Å². The van der Waals surface area contributed by atoms with Crippen LogP contribution in [0.2, 0.25) is 0 Å². The van der Waals surface area contributed by atoms with Crippen LogP contribution in [0, 0.1) is 0 Å². The van der Waals surface area contributed by atoms with Crippen LogP contribution in [-0.4, -0.2) is 18.0 Å². The molecule has 0 atom stereocenters. The first-order chi connectivity index (χ1) is 13.4. The van der Waals surface area contributed by atoms with E-state index in [1.165, 1.54) is 22.3 Å². The Kier molecular flexibility index (Phi) is 7.08. The van der Waals surface area contributed by atoms with Crippen LogP contribution in [0.25, 0.3) is 6.08 Å². The van der Waals surface area contributed by atoms with Crippen molar-refractivity contribution >= 4 is 50.2 Å². The van der Waals surface area contributed by atoms with Gasteiger partial charge in [0.2, 0.25) is 5.91 Å². The molecule has 0 fully saturated rings. The van der Waals surface area contributed by atoms with Crippen LogP contribution >= 0.6 is 27.3 Å². The van der Waals surface area contributed by atoms with Crippen molar-refractivity contribution in [2.75, 3.05) is 5.32 Å². The fraction of sp³-hybridized carbons (Fsp3) is 0.364. The first-order valence-electron chi connectivity index (χ1n) is 9.54. The summed E-state index contributed by atoms with van der Waals surface area (Å²) in [6.45, 7) is 3.67. The maximum absolute atomic E-state index is 12.7. The van der Waals surface area contributed by atoms with E-state index in [0.29, 0.717) is 10.6 Å². The standard InChI is InChI=1S/C22H24BrNO3S/c1-14(2)27-22(26)20-17-6-4-3-5-7-18(17)28-21(20)24-19(25)13-10-15-8-11-16(23)12-9-15/h8-14H,3-7H2,1-2H3,(H,24,25)/b13-10+. The maximum Gasteiger partial charge on any atom is 0.341 e. The minimum atomic E-state index is -0.346. The van der Waals surface area contributed by atoms with Crippen molar-refractivity contribution in [3.63, 3.8) is 0 Å². The molecule has 1 aromatic carbocycles. The zero-order valence-corrected chi connectivity index (χ0v) is 18.5. The number of fused-ring (bicyclic) bond motifs is 1. The minimum absolute atomic E-state index is 0.199. The molecule has 3 rings (SSSR count). The number of rotatable bonds is 5. The Morgan fingerprint density at radius 1 is 1.14 bits per heavy atom. The fourth-order valence-electron chi connectivity index (χ4n) is 3.22. The predicted molar refractivity (Wildman–Crippen MR) is 118 cm³/mol. The second-order valence-corrected chi connectivity index (χ2v) is 9.12. The third kappa shape index (κ3) is 5.32. The third-order valence-corrected chi connectivity index (χ3v) is 6.24. The van der Waals surface area contributed by atoms with Crippen molar-refractivity contribution in [2.45, 2.75) is 52.1 Å². The average Bonchev–Trinajstić information content (AvgIpc) is 2.81.